The average Bonchev–Trinajstić information content (AvgIpc) is 2.42. The van der Waals surface area contributed by atoms with E-state index in [1.54, 1.807) is 14.0 Å². The van der Waals surface area contributed by atoms with Crippen molar-refractivity contribution in [2.24, 2.45) is 0 Å². The molecule has 1 fully saturated rings. The molecule has 0 aromatic carbocycles. The number of nitrogens with zero attached hydrogens (tertiary/aromatic N) is 1. The Morgan fingerprint density at radius 2 is 2.29 bits per heavy atom. The number of amides is 2. The van der Waals surface area contributed by atoms with Gasteiger partial charge in [-0.05, 0) is 6.92 Å². The minimum absolute atomic E-state index is 0.0904. The van der Waals surface area contributed by atoms with E-state index in [4.69, 9.17) is 4.74 Å². The van der Waals surface area contributed by atoms with Gasteiger partial charge in [0.1, 0.15) is 0 Å². The highest BCUT2D eigenvalue weighted by molar-refractivity contribution is 6.05. The number of ether oxygens (including phenoxy) is 1. The van der Waals surface area contributed by atoms with Crippen LogP contribution in [0.1, 0.15) is 13.3 Å². The molecule has 80 valence electrons. The van der Waals surface area contributed by atoms with Crippen LogP contribution in [-0.2, 0) is 14.3 Å². The first-order valence-electron chi connectivity index (χ1n) is 4.77. The Balaban J connectivity index is 2.41. The SMILES string of the molecule is CCN1C(=O)CC(NCCOC)C1=O. The number of carbonyl (C=O) groups is 2. The second kappa shape index (κ2) is 5.07. The van der Waals surface area contributed by atoms with E-state index < -0.39 is 0 Å². The van der Waals surface area contributed by atoms with Gasteiger partial charge >= 0.3 is 0 Å². The first-order chi connectivity index (χ1) is 6.70. The summed E-state index contributed by atoms with van der Waals surface area (Å²) in [7, 11) is 1.60. The van der Waals surface area contributed by atoms with Crippen molar-refractivity contribution in [1.29, 1.82) is 0 Å². The molecule has 14 heavy (non-hydrogen) atoms. The van der Waals surface area contributed by atoms with E-state index in [-0.39, 0.29) is 24.3 Å². The molecule has 2 amide bonds. The molecule has 0 aliphatic carbocycles. The minimum atomic E-state index is -0.349. The molecule has 1 aliphatic heterocycles. The van der Waals surface area contributed by atoms with E-state index in [0.717, 1.165) is 0 Å². The van der Waals surface area contributed by atoms with Gasteiger partial charge in [-0.25, -0.2) is 0 Å². The van der Waals surface area contributed by atoms with Crippen molar-refractivity contribution in [1.82, 2.24) is 10.2 Å². The van der Waals surface area contributed by atoms with Crippen LogP contribution in [0.15, 0.2) is 0 Å². The highest BCUT2D eigenvalue weighted by Crippen LogP contribution is 2.11. The number of hydrogen-bond donors (Lipinski definition) is 1. The second-order valence-corrected chi connectivity index (χ2v) is 3.18. The molecule has 5 nitrogen and oxygen atoms in total. The van der Waals surface area contributed by atoms with Crippen LogP contribution in [0.5, 0.6) is 0 Å². The van der Waals surface area contributed by atoms with Crippen molar-refractivity contribution in [2.75, 3.05) is 26.8 Å². The van der Waals surface area contributed by atoms with E-state index in [1.807, 2.05) is 0 Å². The maximum atomic E-state index is 11.5. The summed E-state index contributed by atoms with van der Waals surface area (Å²) in [6.45, 7) is 3.40. The lowest BCUT2D eigenvalue weighted by Gasteiger charge is -2.12. The van der Waals surface area contributed by atoms with Crippen molar-refractivity contribution in [3.63, 3.8) is 0 Å². The number of imide groups is 1. The molecule has 1 atom stereocenters. The van der Waals surface area contributed by atoms with Gasteiger partial charge in [0.15, 0.2) is 0 Å². The number of likely N-dealkylation sites (tertiary alicyclic amines) is 1. The molecule has 1 heterocycles. The Hall–Kier alpha value is -0.940. The number of carbonyl (C=O) groups excluding carboxylic acids is 2. The monoisotopic (exact) mass is 200 g/mol. The van der Waals surface area contributed by atoms with Crippen LogP contribution in [0, 0.1) is 0 Å². The van der Waals surface area contributed by atoms with E-state index in [1.165, 1.54) is 4.90 Å². The Morgan fingerprint density at radius 1 is 1.57 bits per heavy atom. The summed E-state index contributed by atoms with van der Waals surface area (Å²) in [5, 5.41) is 2.99. The van der Waals surface area contributed by atoms with Gasteiger partial charge in [0.05, 0.1) is 19.1 Å². The summed E-state index contributed by atoms with van der Waals surface area (Å²) in [6.07, 6.45) is 0.274. The van der Waals surface area contributed by atoms with E-state index in [9.17, 15) is 9.59 Å². The molecule has 1 N–H and O–H groups in total. The average molecular weight is 200 g/mol. The van der Waals surface area contributed by atoms with E-state index >= 15 is 0 Å². The predicted molar refractivity (Wildman–Crippen MR) is 50.7 cm³/mol. The maximum absolute atomic E-state index is 11.5. The summed E-state index contributed by atoms with van der Waals surface area (Å²) in [5.74, 6) is -0.207. The normalized spacial score (nSPS) is 22.1. The number of hydrogen-bond acceptors (Lipinski definition) is 4. The molecule has 1 rings (SSSR count). The molecule has 1 aliphatic rings. The largest absolute Gasteiger partial charge is 0.383 e. The number of rotatable bonds is 5. The highest BCUT2D eigenvalue weighted by atomic mass is 16.5. The zero-order valence-electron chi connectivity index (χ0n) is 8.58. The van der Waals surface area contributed by atoms with Crippen molar-refractivity contribution in [3.8, 4) is 0 Å². The fourth-order valence-corrected chi connectivity index (χ4v) is 1.51. The third kappa shape index (κ3) is 2.30. The van der Waals surface area contributed by atoms with Crippen LogP contribution in [0.4, 0.5) is 0 Å². The summed E-state index contributed by atoms with van der Waals surface area (Å²) in [4.78, 5) is 24.1. The lowest BCUT2D eigenvalue weighted by atomic mass is 10.2. The fourth-order valence-electron chi connectivity index (χ4n) is 1.51. The molecule has 0 radical (unpaired) electrons. The van der Waals surface area contributed by atoms with Gasteiger partial charge in [-0.3, -0.25) is 14.5 Å². The van der Waals surface area contributed by atoms with Crippen molar-refractivity contribution >= 4 is 11.8 Å². The van der Waals surface area contributed by atoms with Gasteiger partial charge in [0, 0.05) is 20.2 Å². The number of likely N-dealkylation sites (N-methyl/N-ethyl adjacent to an activating group) is 1. The van der Waals surface area contributed by atoms with Crippen LogP contribution in [0.25, 0.3) is 0 Å². The molecular formula is C9H16N2O3. The van der Waals surface area contributed by atoms with E-state index in [2.05, 4.69) is 5.32 Å². The Kier molecular flexibility index (Phi) is 4.03. The molecule has 0 aromatic heterocycles. The van der Waals surface area contributed by atoms with Crippen molar-refractivity contribution < 1.29 is 14.3 Å². The van der Waals surface area contributed by atoms with E-state index in [0.29, 0.717) is 19.7 Å². The van der Waals surface area contributed by atoms with Crippen LogP contribution in [0.2, 0.25) is 0 Å². The zero-order chi connectivity index (χ0) is 10.6. The van der Waals surface area contributed by atoms with Gasteiger partial charge in [-0.1, -0.05) is 0 Å². The van der Waals surface area contributed by atoms with Gasteiger partial charge in [0.2, 0.25) is 11.8 Å². The maximum Gasteiger partial charge on any atom is 0.246 e. The summed E-state index contributed by atoms with van der Waals surface area (Å²) in [6, 6.07) is -0.349. The molecular weight excluding hydrogens is 184 g/mol. The van der Waals surface area contributed by atoms with Crippen LogP contribution < -0.4 is 5.32 Å². The Labute approximate surface area is 83.4 Å². The van der Waals surface area contributed by atoms with Crippen molar-refractivity contribution in [3.05, 3.63) is 0 Å². The third-order valence-electron chi connectivity index (χ3n) is 2.26. The third-order valence-corrected chi connectivity index (χ3v) is 2.26. The lowest BCUT2D eigenvalue weighted by molar-refractivity contribution is -0.138. The quantitative estimate of drug-likeness (QED) is 0.474. The first-order valence-corrected chi connectivity index (χ1v) is 4.77. The highest BCUT2D eigenvalue weighted by Gasteiger charge is 2.36. The molecule has 0 spiro atoms. The molecule has 0 bridgehead atoms. The minimum Gasteiger partial charge on any atom is -0.383 e. The molecule has 5 heteroatoms. The lowest BCUT2D eigenvalue weighted by Crippen LogP contribution is -2.39. The van der Waals surface area contributed by atoms with Gasteiger partial charge < -0.3 is 10.1 Å². The van der Waals surface area contributed by atoms with Crippen LogP contribution >= 0.6 is 0 Å². The smallest absolute Gasteiger partial charge is 0.246 e. The second-order valence-electron chi connectivity index (χ2n) is 3.18. The Morgan fingerprint density at radius 3 is 2.79 bits per heavy atom. The summed E-state index contributed by atoms with van der Waals surface area (Å²) < 4.78 is 4.84. The van der Waals surface area contributed by atoms with Gasteiger partial charge in [-0.2, -0.15) is 0 Å². The summed E-state index contributed by atoms with van der Waals surface area (Å²) in [5.41, 5.74) is 0. The Bertz CT molecular complexity index is 230. The molecule has 0 aromatic rings. The number of methoxy groups -OCH3 is 1. The summed E-state index contributed by atoms with van der Waals surface area (Å²) >= 11 is 0. The molecule has 1 saturated heterocycles. The standard InChI is InChI=1S/C9H16N2O3/c1-3-11-8(12)6-7(9(11)13)10-4-5-14-2/h7,10H,3-6H2,1-2H3. The number of nitrogens with one attached hydrogen (secondary N) is 1. The topological polar surface area (TPSA) is 58.6 Å². The van der Waals surface area contributed by atoms with Crippen LogP contribution in [0.3, 0.4) is 0 Å². The van der Waals surface area contributed by atoms with Crippen LogP contribution in [-0.4, -0.2) is 49.6 Å². The fraction of sp³-hybridized carbons (Fsp3) is 0.778. The van der Waals surface area contributed by atoms with Crippen molar-refractivity contribution in [2.45, 2.75) is 19.4 Å². The molecule has 1 unspecified atom stereocenters. The first kappa shape index (κ1) is 11.1. The zero-order valence-corrected chi connectivity index (χ0v) is 8.58. The van der Waals surface area contributed by atoms with Gasteiger partial charge in [0.25, 0.3) is 0 Å². The van der Waals surface area contributed by atoms with Gasteiger partial charge in [-0.15, -0.1) is 0 Å². The predicted octanol–water partition coefficient (Wildman–Crippen LogP) is -0.630. The molecule has 0 saturated carbocycles.